The van der Waals surface area contributed by atoms with Crippen molar-refractivity contribution in [3.63, 3.8) is 0 Å². The number of hydrogen-bond donors (Lipinski definition) is 0. The van der Waals surface area contributed by atoms with Crippen molar-refractivity contribution in [3.8, 4) is 11.3 Å². The predicted octanol–water partition coefficient (Wildman–Crippen LogP) is 5.84. The molecule has 0 saturated carbocycles. The van der Waals surface area contributed by atoms with Gasteiger partial charge in [-0.2, -0.15) is 0 Å². The number of alkyl halides is 3. The quantitative estimate of drug-likeness (QED) is 0.423. The molecule has 4 aromatic rings. The van der Waals surface area contributed by atoms with E-state index in [0.29, 0.717) is 20.9 Å². The zero-order chi connectivity index (χ0) is 18.3. The summed E-state index contributed by atoms with van der Waals surface area (Å²) in [7, 11) is 0. The summed E-state index contributed by atoms with van der Waals surface area (Å²) in [5, 5.41) is 1.24. The zero-order valence-electron chi connectivity index (χ0n) is 13.8. The number of hydrogen-bond acceptors (Lipinski definition) is 3. The minimum absolute atomic E-state index is 0.115. The molecule has 0 bridgehead atoms. The summed E-state index contributed by atoms with van der Waals surface area (Å²) < 4.78 is 40.1. The molecule has 0 amide bonds. The molecule has 3 aromatic heterocycles. The van der Waals surface area contributed by atoms with E-state index < -0.39 is 6.30 Å². The van der Waals surface area contributed by atoms with E-state index in [1.807, 2.05) is 12.1 Å². The number of nitrogens with zero attached hydrogens (tertiary/aromatic N) is 3. The van der Waals surface area contributed by atoms with Crippen LogP contribution >= 0.6 is 11.8 Å². The van der Waals surface area contributed by atoms with Crippen molar-refractivity contribution >= 4 is 33.6 Å². The van der Waals surface area contributed by atoms with Crippen molar-refractivity contribution in [2.45, 2.75) is 18.1 Å². The predicted molar refractivity (Wildman–Crippen MR) is 98.2 cm³/mol. The third-order valence-corrected chi connectivity index (χ3v) is 5.08. The van der Waals surface area contributed by atoms with Gasteiger partial charge in [-0.1, -0.05) is 13.0 Å². The Labute approximate surface area is 151 Å². The average molecular weight is 373 g/mol. The lowest BCUT2D eigenvalue weighted by Crippen LogP contribution is -2.16. The van der Waals surface area contributed by atoms with Gasteiger partial charge in [-0.25, -0.2) is 4.98 Å². The lowest BCUT2D eigenvalue weighted by Gasteiger charge is -2.14. The number of pyridine rings is 2. The van der Waals surface area contributed by atoms with E-state index >= 15 is 0 Å². The molecule has 3 nitrogen and oxygen atoms in total. The van der Waals surface area contributed by atoms with E-state index in [-0.39, 0.29) is 5.52 Å². The van der Waals surface area contributed by atoms with Gasteiger partial charge in [0, 0.05) is 39.8 Å². The molecule has 0 radical (unpaired) electrons. The van der Waals surface area contributed by atoms with E-state index in [4.69, 9.17) is 0 Å². The smallest absolute Gasteiger partial charge is 0.264 e. The highest BCUT2D eigenvalue weighted by molar-refractivity contribution is 7.99. The molecule has 3 heterocycles. The van der Waals surface area contributed by atoms with Crippen LogP contribution in [0.15, 0.2) is 59.9 Å². The van der Waals surface area contributed by atoms with Gasteiger partial charge in [0.05, 0.1) is 16.7 Å². The Hall–Kier alpha value is -2.54. The Morgan fingerprint density at radius 3 is 2.73 bits per heavy atom. The Morgan fingerprint density at radius 1 is 1.12 bits per heavy atom. The molecule has 0 unspecified atom stereocenters. The van der Waals surface area contributed by atoms with E-state index in [0.717, 1.165) is 28.1 Å². The fourth-order valence-corrected chi connectivity index (χ4v) is 3.85. The maximum absolute atomic E-state index is 13.3. The minimum Gasteiger partial charge on any atom is -0.264 e. The molecule has 0 aliphatic heterocycles. The summed E-state index contributed by atoms with van der Waals surface area (Å²) in [6.45, 7) is 2.06. The topological polar surface area (TPSA) is 30.7 Å². The fourth-order valence-electron chi connectivity index (χ4n) is 3.07. The van der Waals surface area contributed by atoms with Gasteiger partial charge in [0.2, 0.25) is 0 Å². The minimum atomic E-state index is -4.47. The summed E-state index contributed by atoms with van der Waals surface area (Å²) in [6, 6.07) is 9.95. The third-order valence-electron chi connectivity index (χ3n) is 4.15. The standard InChI is InChI=1S/C19H14F3N3S/c1-2-26-18-11-23-8-7-13(18)16-10-14-12-4-3-9-25(19(20,21)22)17(12)6-5-15(14)24-16/h3-11H,2H2,1H3. The van der Waals surface area contributed by atoms with Gasteiger partial charge in [-0.15, -0.1) is 24.9 Å². The first-order valence-corrected chi connectivity index (χ1v) is 9.03. The molecule has 132 valence electrons. The van der Waals surface area contributed by atoms with Crippen LogP contribution < -0.4 is 0 Å². The highest BCUT2D eigenvalue weighted by Gasteiger charge is 2.31. The van der Waals surface area contributed by atoms with Crippen LogP contribution in [0.2, 0.25) is 0 Å². The highest BCUT2D eigenvalue weighted by atomic mass is 32.2. The molecule has 0 aliphatic carbocycles. The van der Waals surface area contributed by atoms with Crippen molar-refractivity contribution in [2.24, 2.45) is 0 Å². The second kappa shape index (κ2) is 6.32. The number of benzene rings is 1. The first kappa shape index (κ1) is 16.9. The molecule has 1 aromatic carbocycles. The lowest BCUT2D eigenvalue weighted by atomic mass is 10.1. The molecule has 0 aliphatic rings. The molecular weight excluding hydrogens is 359 g/mol. The molecule has 0 saturated heterocycles. The number of fused-ring (bicyclic) bond motifs is 3. The number of halogens is 3. The van der Waals surface area contributed by atoms with Crippen molar-refractivity contribution in [1.29, 1.82) is 0 Å². The monoisotopic (exact) mass is 373 g/mol. The van der Waals surface area contributed by atoms with Crippen LogP contribution in [0.1, 0.15) is 6.92 Å². The average Bonchev–Trinajstić information content (AvgIpc) is 3.05. The van der Waals surface area contributed by atoms with Crippen LogP contribution in [0.3, 0.4) is 0 Å². The molecule has 26 heavy (non-hydrogen) atoms. The van der Waals surface area contributed by atoms with Gasteiger partial charge < -0.3 is 0 Å². The first-order chi connectivity index (χ1) is 12.5. The maximum atomic E-state index is 13.3. The van der Waals surface area contributed by atoms with Gasteiger partial charge in [-0.05, 0) is 36.1 Å². The van der Waals surface area contributed by atoms with Crippen molar-refractivity contribution in [2.75, 3.05) is 5.75 Å². The van der Waals surface area contributed by atoms with Gasteiger partial charge >= 0.3 is 6.30 Å². The first-order valence-electron chi connectivity index (χ1n) is 8.04. The molecule has 7 heteroatoms. The molecule has 0 N–H and O–H groups in total. The maximum Gasteiger partial charge on any atom is 0.488 e. The SMILES string of the molecule is CCSc1cnccc1-c1cc2c(ccc3c2cccn3C(F)(F)F)n1. The van der Waals surface area contributed by atoms with Crippen LogP contribution in [-0.2, 0) is 6.30 Å². The van der Waals surface area contributed by atoms with E-state index in [2.05, 4.69) is 16.9 Å². The van der Waals surface area contributed by atoms with Crippen LogP contribution in [-0.4, -0.2) is 20.3 Å². The van der Waals surface area contributed by atoms with Gasteiger partial charge in [0.25, 0.3) is 0 Å². The Morgan fingerprint density at radius 2 is 1.96 bits per heavy atom. The van der Waals surface area contributed by atoms with Crippen molar-refractivity contribution in [1.82, 2.24) is 14.5 Å². The van der Waals surface area contributed by atoms with Crippen LogP contribution in [0.4, 0.5) is 13.2 Å². The zero-order valence-corrected chi connectivity index (χ0v) is 14.6. The normalized spacial score (nSPS) is 12.2. The highest BCUT2D eigenvalue weighted by Crippen LogP contribution is 2.36. The van der Waals surface area contributed by atoms with Crippen molar-refractivity contribution < 1.29 is 13.2 Å². The summed E-state index contributed by atoms with van der Waals surface area (Å²) in [4.78, 5) is 9.80. The van der Waals surface area contributed by atoms with Crippen LogP contribution in [0, 0.1) is 0 Å². The lowest BCUT2D eigenvalue weighted by molar-refractivity contribution is -0.201. The molecule has 0 fully saturated rings. The molecule has 4 rings (SSSR count). The Balaban J connectivity index is 1.95. The Kier molecular flexibility index (Phi) is 4.11. The Bertz CT molecular complexity index is 1100. The molecule has 0 spiro atoms. The van der Waals surface area contributed by atoms with Gasteiger partial charge in [0.15, 0.2) is 0 Å². The van der Waals surface area contributed by atoms with E-state index in [1.54, 1.807) is 36.3 Å². The third kappa shape index (κ3) is 2.82. The van der Waals surface area contributed by atoms with Crippen LogP contribution in [0.25, 0.3) is 33.1 Å². The summed E-state index contributed by atoms with van der Waals surface area (Å²) in [6.07, 6.45) is 0.0546. The number of rotatable bonds is 3. The summed E-state index contributed by atoms with van der Waals surface area (Å²) >= 11 is 1.66. The second-order valence-electron chi connectivity index (χ2n) is 5.72. The molecular formula is C19H14F3N3S. The van der Waals surface area contributed by atoms with Gasteiger partial charge in [0.1, 0.15) is 0 Å². The van der Waals surface area contributed by atoms with E-state index in [1.165, 1.54) is 12.1 Å². The number of aromatic nitrogens is 3. The van der Waals surface area contributed by atoms with Crippen LogP contribution in [0.5, 0.6) is 0 Å². The van der Waals surface area contributed by atoms with E-state index in [9.17, 15) is 13.2 Å². The fraction of sp³-hybridized carbons (Fsp3) is 0.158. The number of thioether (sulfide) groups is 1. The summed E-state index contributed by atoms with van der Waals surface area (Å²) in [5.41, 5.74) is 2.48. The largest absolute Gasteiger partial charge is 0.488 e. The van der Waals surface area contributed by atoms with Gasteiger partial charge in [-0.3, -0.25) is 9.55 Å². The summed E-state index contributed by atoms with van der Waals surface area (Å²) in [5.74, 6) is 0.896. The second-order valence-corrected chi connectivity index (χ2v) is 7.03. The van der Waals surface area contributed by atoms with Crippen molar-refractivity contribution in [3.05, 3.63) is 55.0 Å². The molecule has 0 atom stereocenters.